The molecule has 0 amide bonds. The maximum Gasteiger partial charge on any atom is 0.323 e. The summed E-state index contributed by atoms with van der Waals surface area (Å²) in [5.41, 5.74) is 1.57. The Bertz CT molecular complexity index is 766. The third kappa shape index (κ3) is 2.86. The van der Waals surface area contributed by atoms with Crippen LogP contribution in [0.15, 0.2) is 54.6 Å². The van der Waals surface area contributed by atoms with Gasteiger partial charge in [-0.2, -0.15) is 0 Å². The molecule has 0 atom stereocenters. The smallest absolute Gasteiger partial charge is 0.323 e. The molecule has 0 aliphatic carbocycles. The summed E-state index contributed by atoms with van der Waals surface area (Å²) in [7, 11) is 0. The largest absolute Gasteiger partial charge is 0.486 e. The Kier molecular flexibility index (Phi) is 3.55. The van der Waals surface area contributed by atoms with Gasteiger partial charge >= 0.3 is 5.97 Å². The van der Waals surface area contributed by atoms with Gasteiger partial charge in [-0.25, -0.2) is 4.98 Å². The molecule has 1 N–H and O–H groups in total. The highest BCUT2D eigenvalue weighted by Gasteiger charge is 2.13. The lowest BCUT2D eigenvalue weighted by atomic mass is 10.3. The zero-order chi connectivity index (χ0) is 14.7. The number of carboxylic acid groups (broad SMARTS) is 1. The fraction of sp³-hybridized carbons (Fsp3) is 0.125. The Labute approximate surface area is 121 Å². The first kappa shape index (κ1) is 13.2. The van der Waals surface area contributed by atoms with Crippen molar-refractivity contribution in [3.8, 4) is 5.75 Å². The molecular weight excluding hydrogens is 268 g/mol. The Morgan fingerprint density at radius 2 is 1.81 bits per heavy atom. The molecule has 0 saturated carbocycles. The fourth-order valence-corrected chi connectivity index (χ4v) is 2.21. The number of carbonyl (C=O) groups is 1. The molecule has 0 fully saturated rings. The van der Waals surface area contributed by atoms with Gasteiger partial charge < -0.3 is 14.4 Å². The summed E-state index contributed by atoms with van der Waals surface area (Å²) in [5.74, 6) is 0.424. The average Bonchev–Trinajstić information content (AvgIpc) is 2.84. The number of nitrogens with zero attached hydrogens (tertiary/aromatic N) is 2. The predicted molar refractivity (Wildman–Crippen MR) is 78.1 cm³/mol. The minimum absolute atomic E-state index is 0.131. The van der Waals surface area contributed by atoms with Gasteiger partial charge in [0.15, 0.2) is 0 Å². The number of imidazole rings is 1. The van der Waals surface area contributed by atoms with E-state index in [1.54, 1.807) is 4.57 Å². The molecule has 0 saturated heterocycles. The van der Waals surface area contributed by atoms with Gasteiger partial charge in [-0.05, 0) is 24.3 Å². The van der Waals surface area contributed by atoms with E-state index in [0.29, 0.717) is 5.82 Å². The van der Waals surface area contributed by atoms with Crippen molar-refractivity contribution in [2.75, 3.05) is 0 Å². The highest BCUT2D eigenvalue weighted by molar-refractivity contribution is 5.78. The number of hydrogen-bond acceptors (Lipinski definition) is 3. The van der Waals surface area contributed by atoms with Gasteiger partial charge in [-0.15, -0.1) is 0 Å². The fourth-order valence-electron chi connectivity index (χ4n) is 2.21. The van der Waals surface area contributed by atoms with Crippen LogP contribution in [0.1, 0.15) is 5.82 Å². The molecule has 2 aromatic carbocycles. The summed E-state index contributed by atoms with van der Waals surface area (Å²) in [5, 5.41) is 9.07. The Morgan fingerprint density at radius 3 is 2.57 bits per heavy atom. The van der Waals surface area contributed by atoms with Crippen molar-refractivity contribution in [1.29, 1.82) is 0 Å². The molecular formula is C16H14N2O3. The maximum absolute atomic E-state index is 11.0. The van der Waals surface area contributed by atoms with E-state index >= 15 is 0 Å². The van der Waals surface area contributed by atoms with Crippen LogP contribution in [0.4, 0.5) is 0 Å². The molecule has 106 valence electrons. The summed E-state index contributed by atoms with van der Waals surface area (Å²) in [6, 6.07) is 16.8. The second kappa shape index (κ2) is 5.66. The van der Waals surface area contributed by atoms with Crippen LogP contribution >= 0.6 is 0 Å². The summed E-state index contributed by atoms with van der Waals surface area (Å²) < 4.78 is 7.33. The molecule has 0 bridgehead atoms. The first-order chi connectivity index (χ1) is 10.2. The number of rotatable bonds is 5. The zero-order valence-corrected chi connectivity index (χ0v) is 11.3. The number of carboxylic acids is 1. The number of hydrogen-bond donors (Lipinski definition) is 1. The number of aliphatic carboxylic acids is 1. The lowest BCUT2D eigenvalue weighted by Crippen LogP contribution is -2.13. The molecule has 5 heteroatoms. The van der Waals surface area contributed by atoms with Crippen molar-refractivity contribution >= 4 is 17.0 Å². The first-order valence-corrected chi connectivity index (χ1v) is 6.58. The van der Waals surface area contributed by atoms with Crippen LogP contribution in [0.2, 0.25) is 0 Å². The number of para-hydroxylation sites is 3. The monoisotopic (exact) mass is 282 g/mol. The second-order valence-corrected chi connectivity index (χ2v) is 4.60. The minimum atomic E-state index is -0.904. The molecule has 0 radical (unpaired) electrons. The standard InChI is InChI=1S/C16H14N2O3/c19-16(20)10-18-14-9-5-4-8-13(14)17-15(18)11-21-12-6-2-1-3-7-12/h1-9H,10-11H2,(H,19,20). The molecule has 3 rings (SSSR count). The second-order valence-electron chi connectivity index (χ2n) is 4.60. The van der Waals surface area contributed by atoms with Gasteiger partial charge in [-0.3, -0.25) is 4.79 Å². The van der Waals surface area contributed by atoms with E-state index in [2.05, 4.69) is 4.98 Å². The van der Waals surface area contributed by atoms with Crippen molar-refractivity contribution in [2.45, 2.75) is 13.2 Å². The molecule has 0 spiro atoms. The van der Waals surface area contributed by atoms with Crippen LogP contribution in [-0.2, 0) is 17.9 Å². The Balaban J connectivity index is 1.91. The summed E-state index contributed by atoms with van der Waals surface area (Å²) in [6.07, 6.45) is 0. The van der Waals surface area contributed by atoms with E-state index in [0.717, 1.165) is 16.8 Å². The van der Waals surface area contributed by atoms with E-state index in [1.807, 2.05) is 54.6 Å². The molecule has 1 aromatic heterocycles. The highest BCUT2D eigenvalue weighted by Crippen LogP contribution is 2.18. The van der Waals surface area contributed by atoms with Crippen LogP contribution in [0.25, 0.3) is 11.0 Å². The summed E-state index contributed by atoms with van der Waals surface area (Å²) >= 11 is 0. The predicted octanol–water partition coefficient (Wildman–Crippen LogP) is 2.70. The van der Waals surface area contributed by atoms with Crippen LogP contribution in [0.3, 0.4) is 0 Å². The van der Waals surface area contributed by atoms with E-state index in [9.17, 15) is 4.79 Å². The molecule has 0 aliphatic heterocycles. The quantitative estimate of drug-likeness (QED) is 0.781. The number of fused-ring (bicyclic) bond motifs is 1. The summed E-state index contributed by atoms with van der Waals surface area (Å²) in [6.45, 7) is 0.0972. The van der Waals surface area contributed by atoms with E-state index < -0.39 is 5.97 Å². The zero-order valence-electron chi connectivity index (χ0n) is 11.3. The molecule has 0 aliphatic rings. The van der Waals surface area contributed by atoms with Crippen LogP contribution in [0, 0.1) is 0 Å². The van der Waals surface area contributed by atoms with Crippen LogP contribution in [-0.4, -0.2) is 20.6 Å². The van der Waals surface area contributed by atoms with Gasteiger partial charge in [0, 0.05) is 0 Å². The van der Waals surface area contributed by atoms with Crippen molar-refractivity contribution in [2.24, 2.45) is 0 Å². The van der Waals surface area contributed by atoms with Crippen molar-refractivity contribution < 1.29 is 14.6 Å². The molecule has 0 unspecified atom stereocenters. The normalized spacial score (nSPS) is 10.7. The number of benzene rings is 2. The minimum Gasteiger partial charge on any atom is -0.486 e. The first-order valence-electron chi connectivity index (χ1n) is 6.58. The molecule has 3 aromatic rings. The molecule has 1 heterocycles. The SMILES string of the molecule is O=C(O)Cn1c(COc2ccccc2)nc2ccccc21. The van der Waals surface area contributed by atoms with Crippen LogP contribution in [0.5, 0.6) is 5.75 Å². The van der Waals surface area contributed by atoms with Crippen molar-refractivity contribution in [1.82, 2.24) is 9.55 Å². The van der Waals surface area contributed by atoms with E-state index in [1.165, 1.54) is 0 Å². The third-order valence-corrected chi connectivity index (χ3v) is 3.14. The topological polar surface area (TPSA) is 64.3 Å². The van der Waals surface area contributed by atoms with Gasteiger partial charge in [0.25, 0.3) is 0 Å². The van der Waals surface area contributed by atoms with Gasteiger partial charge in [-0.1, -0.05) is 30.3 Å². The highest BCUT2D eigenvalue weighted by atomic mass is 16.5. The van der Waals surface area contributed by atoms with Gasteiger partial charge in [0.05, 0.1) is 11.0 Å². The lowest BCUT2D eigenvalue weighted by molar-refractivity contribution is -0.137. The van der Waals surface area contributed by atoms with Gasteiger partial charge in [0.2, 0.25) is 0 Å². The van der Waals surface area contributed by atoms with Crippen molar-refractivity contribution in [3.05, 3.63) is 60.4 Å². The number of ether oxygens (including phenoxy) is 1. The lowest BCUT2D eigenvalue weighted by Gasteiger charge is -2.08. The van der Waals surface area contributed by atoms with E-state index in [-0.39, 0.29) is 13.2 Å². The summed E-state index contributed by atoms with van der Waals surface area (Å²) in [4.78, 5) is 15.5. The molecule has 21 heavy (non-hydrogen) atoms. The number of aromatic nitrogens is 2. The van der Waals surface area contributed by atoms with Gasteiger partial charge in [0.1, 0.15) is 24.7 Å². The third-order valence-electron chi connectivity index (χ3n) is 3.14. The maximum atomic E-state index is 11.0. The van der Waals surface area contributed by atoms with Crippen molar-refractivity contribution in [3.63, 3.8) is 0 Å². The Morgan fingerprint density at radius 1 is 1.10 bits per heavy atom. The van der Waals surface area contributed by atoms with Crippen LogP contribution < -0.4 is 4.74 Å². The molecule has 5 nitrogen and oxygen atoms in total. The Hall–Kier alpha value is -2.82. The average molecular weight is 282 g/mol. The van der Waals surface area contributed by atoms with E-state index in [4.69, 9.17) is 9.84 Å².